The zero-order valence-corrected chi connectivity index (χ0v) is 31.8. The molecule has 0 N–H and O–H groups in total. The molecule has 0 atom stereocenters. The molecule has 1 aromatic heterocycles. The van der Waals surface area contributed by atoms with Gasteiger partial charge < -0.3 is 9.32 Å². The minimum atomic E-state index is -0.185. The van der Waals surface area contributed by atoms with Crippen molar-refractivity contribution in [3.05, 3.63) is 199 Å². The summed E-state index contributed by atoms with van der Waals surface area (Å²) in [6.07, 6.45) is 0. The molecule has 0 saturated carbocycles. The number of benzene rings is 9. The van der Waals surface area contributed by atoms with Gasteiger partial charge >= 0.3 is 0 Å². The minimum Gasteiger partial charge on any atom is -0.455 e. The standard InChI is InChI=1S/C55H37NO/c1-55(2)49-32-36(34-12-4-3-5-13-34)24-28-42(49)43-29-27-38(33-50(43)55)56(51-31-30-46-41-15-7-6-14-40(41)45-18-11-20-48(51)53(45)46)37-25-22-35(23-26-37)39-17-10-19-47-44-16-8-9-21-52(44)57-54(39)47/h3-33H,1-2H3. The zero-order chi connectivity index (χ0) is 37.8. The first-order valence-corrected chi connectivity index (χ1v) is 19.8. The molecule has 2 heteroatoms. The van der Waals surface area contributed by atoms with E-state index in [0.717, 1.165) is 50.1 Å². The van der Waals surface area contributed by atoms with Crippen molar-refractivity contribution in [2.45, 2.75) is 19.3 Å². The summed E-state index contributed by atoms with van der Waals surface area (Å²) in [5.41, 5.74) is 20.3. The molecular weight excluding hydrogens is 691 g/mol. The van der Waals surface area contributed by atoms with Gasteiger partial charge in [0.25, 0.3) is 0 Å². The molecule has 0 radical (unpaired) electrons. The molecule has 10 aromatic rings. The van der Waals surface area contributed by atoms with Crippen molar-refractivity contribution < 1.29 is 4.42 Å². The largest absolute Gasteiger partial charge is 0.455 e. The number of anilines is 3. The van der Waals surface area contributed by atoms with Crippen LogP contribution in [0.5, 0.6) is 0 Å². The Kier molecular flexibility index (Phi) is 6.72. The van der Waals surface area contributed by atoms with Gasteiger partial charge in [-0.05, 0) is 109 Å². The van der Waals surface area contributed by atoms with Crippen LogP contribution in [0, 0.1) is 0 Å². The van der Waals surface area contributed by atoms with E-state index in [-0.39, 0.29) is 5.41 Å². The molecule has 0 spiro atoms. The van der Waals surface area contributed by atoms with E-state index < -0.39 is 0 Å². The van der Waals surface area contributed by atoms with Gasteiger partial charge in [-0.15, -0.1) is 0 Å². The van der Waals surface area contributed by atoms with Gasteiger partial charge in [0, 0.05) is 38.5 Å². The first kappa shape index (κ1) is 32.1. The Morgan fingerprint density at radius 2 is 0.965 bits per heavy atom. The monoisotopic (exact) mass is 727 g/mol. The Bertz CT molecular complexity index is 3230. The van der Waals surface area contributed by atoms with Crippen molar-refractivity contribution >= 4 is 49.8 Å². The molecule has 0 aliphatic heterocycles. The fourth-order valence-electron chi connectivity index (χ4n) is 9.85. The molecular formula is C55H37NO. The first-order chi connectivity index (χ1) is 28.0. The van der Waals surface area contributed by atoms with E-state index in [1.54, 1.807) is 0 Å². The summed E-state index contributed by atoms with van der Waals surface area (Å²) in [6.45, 7) is 4.76. The third-order valence-corrected chi connectivity index (χ3v) is 12.6. The lowest BCUT2D eigenvalue weighted by Crippen LogP contribution is -2.17. The average Bonchev–Trinajstić information content (AvgIpc) is 3.88. The maximum absolute atomic E-state index is 6.47. The van der Waals surface area contributed by atoms with Crippen LogP contribution < -0.4 is 4.90 Å². The third kappa shape index (κ3) is 4.65. The van der Waals surface area contributed by atoms with Crippen LogP contribution in [0.15, 0.2) is 192 Å². The van der Waals surface area contributed by atoms with Gasteiger partial charge in [-0.1, -0.05) is 159 Å². The molecule has 12 rings (SSSR count). The van der Waals surface area contributed by atoms with E-state index in [4.69, 9.17) is 4.42 Å². The lowest BCUT2D eigenvalue weighted by atomic mass is 9.81. The predicted molar refractivity (Wildman–Crippen MR) is 239 cm³/mol. The zero-order valence-electron chi connectivity index (χ0n) is 31.8. The predicted octanol–water partition coefficient (Wildman–Crippen LogP) is 15.5. The highest BCUT2D eigenvalue weighted by molar-refractivity contribution is 6.19. The van der Waals surface area contributed by atoms with E-state index in [0.29, 0.717) is 0 Å². The Balaban J connectivity index is 1.03. The maximum atomic E-state index is 6.47. The number of fused-ring (bicyclic) bond motifs is 9. The van der Waals surface area contributed by atoms with Crippen molar-refractivity contribution in [3.63, 3.8) is 0 Å². The van der Waals surface area contributed by atoms with Crippen molar-refractivity contribution in [2.24, 2.45) is 0 Å². The Labute approximate surface area is 331 Å². The van der Waals surface area contributed by atoms with Crippen LogP contribution in [-0.2, 0) is 5.41 Å². The molecule has 2 aliphatic rings. The topological polar surface area (TPSA) is 16.4 Å². The summed E-state index contributed by atoms with van der Waals surface area (Å²) >= 11 is 0. The third-order valence-electron chi connectivity index (χ3n) is 12.6. The Hall–Kier alpha value is -7.16. The van der Waals surface area contributed by atoms with E-state index in [9.17, 15) is 0 Å². The molecule has 1 heterocycles. The number of para-hydroxylation sites is 2. The fraction of sp³-hybridized carbons (Fsp3) is 0.0545. The van der Waals surface area contributed by atoms with E-state index >= 15 is 0 Å². The number of rotatable bonds is 5. The van der Waals surface area contributed by atoms with Crippen LogP contribution >= 0.6 is 0 Å². The molecule has 2 aliphatic carbocycles. The van der Waals surface area contributed by atoms with Gasteiger partial charge in [0.05, 0.1) is 5.69 Å². The highest BCUT2D eigenvalue weighted by Gasteiger charge is 2.36. The van der Waals surface area contributed by atoms with Gasteiger partial charge in [0.2, 0.25) is 0 Å². The van der Waals surface area contributed by atoms with Crippen molar-refractivity contribution in [1.82, 2.24) is 0 Å². The molecule has 0 saturated heterocycles. The Morgan fingerprint density at radius 3 is 1.77 bits per heavy atom. The molecule has 0 unspecified atom stereocenters. The smallest absolute Gasteiger partial charge is 0.143 e. The van der Waals surface area contributed by atoms with Crippen LogP contribution in [-0.4, -0.2) is 0 Å². The van der Waals surface area contributed by atoms with Crippen LogP contribution in [0.1, 0.15) is 25.0 Å². The average molecular weight is 728 g/mol. The number of hydrogen-bond acceptors (Lipinski definition) is 2. The molecule has 268 valence electrons. The molecule has 0 fully saturated rings. The molecule has 9 aromatic carbocycles. The van der Waals surface area contributed by atoms with Crippen LogP contribution in [0.4, 0.5) is 17.1 Å². The summed E-state index contributed by atoms with van der Waals surface area (Å²) in [5.74, 6) is 0. The Morgan fingerprint density at radius 1 is 0.386 bits per heavy atom. The highest BCUT2D eigenvalue weighted by Crippen LogP contribution is 2.54. The summed E-state index contributed by atoms with van der Waals surface area (Å²) in [4.78, 5) is 2.46. The SMILES string of the molecule is CC1(C)c2cc(-c3ccccc3)ccc2-c2ccc(N(c3ccc(-c4cccc5c4oc4ccccc45)cc3)c3ccc4c5c(cccc35)-c3ccccc3-4)cc21. The quantitative estimate of drug-likeness (QED) is 0.175. The van der Waals surface area contributed by atoms with Gasteiger partial charge in [0.1, 0.15) is 11.2 Å². The van der Waals surface area contributed by atoms with E-state index in [2.05, 4.69) is 201 Å². The van der Waals surface area contributed by atoms with Crippen LogP contribution in [0.2, 0.25) is 0 Å². The maximum Gasteiger partial charge on any atom is 0.143 e. The van der Waals surface area contributed by atoms with Gasteiger partial charge in [0.15, 0.2) is 0 Å². The lowest BCUT2D eigenvalue weighted by Gasteiger charge is -2.29. The van der Waals surface area contributed by atoms with Gasteiger partial charge in [-0.25, -0.2) is 0 Å². The van der Waals surface area contributed by atoms with Crippen molar-refractivity contribution in [2.75, 3.05) is 4.90 Å². The second-order valence-electron chi connectivity index (χ2n) is 16.1. The van der Waals surface area contributed by atoms with Crippen LogP contribution in [0.25, 0.3) is 88.3 Å². The van der Waals surface area contributed by atoms with E-state index in [1.807, 2.05) is 6.07 Å². The number of furan rings is 1. The first-order valence-electron chi connectivity index (χ1n) is 19.8. The molecule has 2 nitrogen and oxygen atoms in total. The highest BCUT2D eigenvalue weighted by atomic mass is 16.3. The molecule has 57 heavy (non-hydrogen) atoms. The molecule has 0 bridgehead atoms. The van der Waals surface area contributed by atoms with Crippen molar-refractivity contribution in [1.29, 1.82) is 0 Å². The van der Waals surface area contributed by atoms with Gasteiger partial charge in [-0.2, -0.15) is 0 Å². The normalized spacial score (nSPS) is 13.2. The summed E-state index contributed by atoms with van der Waals surface area (Å²) < 4.78 is 6.47. The summed E-state index contributed by atoms with van der Waals surface area (Å²) in [5, 5.41) is 4.84. The molecule has 0 amide bonds. The van der Waals surface area contributed by atoms with E-state index in [1.165, 1.54) is 66.4 Å². The van der Waals surface area contributed by atoms with Crippen LogP contribution in [0.3, 0.4) is 0 Å². The summed E-state index contributed by atoms with van der Waals surface area (Å²) in [6, 6.07) is 68.9. The lowest BCUT2D eigenvalue weighted by molar-refractivity contribution is 0.660. The number of hydrogen-bond donors (Lipinski definition) is 0. The fourth-order valence-corrected chi connectivity index (χ4v) is 9.85. The van der Waals surface area contributed by atoms with Gasteiger partial charge in [-0.3, -0.25) is 0 Å². The number of nitrogens with zero attached hydrogens (tertiary/aromatic N) is 1. The minimum absolute atomic E-state index is 0.185. The summed E-state index contributed by atoms with van der Waals surface area (Å²) in [7, 11) is 0. The second-order valence-corrected chi connectivity index (χ2v) is 16.1. The second kappa shape index (κ2) is 11.9. The van der Waals surface area contributed by atoms with Crippen molar-refractivity contribution in [3.8, 4) is 55.6 Å².